The van der Waals surface area contributed by atoms with Gasteiger partial charge in [-0.15, -0.1) is 5.10 Å². The molecule has 1 aromatic heterocycles. The molecular weight excluding hydrogens is 249 g/mol. The van der Waals surface area contributed by atoms with Gasteiger partial charge in [0.25, 0.3) is 5.82 Å². The topological polar surface area (TPSA) is 92.0 Å². The van der Waals surface area contributed by atoms with Gasteiger partial charge in [-0.25, -0.2) is 9.98 Å². The van der Waals surface area contributed by atoms with E-state index in [4.69, 9.17) is 5.73 Å². The van der Waals surface area contributed by atoms with Crippen LogP contribution in [0.25, 0.3) is 0 Å². The average Bonchev–Trinajstić information content (AvgIpc) is 2.71. The maximum Gasteiger partial charge on any atom is 0.453 e. The Bertz CT molecular complexity index is 409. The van der Waals surface area contributed by atoms with Crippen LogP contribution in [0.1, 0.15) is 25.5 Å². The normalized spacial score (nSPS) is 13.1. The number of H-pyrrole nitrogens is 1. The molecule has 0 aliphatic carbocycles. The van der Waals surface area contributed by atoms with Crippen molar-refractivity contribution in [3.63, 3.8) is 0 Å². The molecule has 6 nitrogen and oxygen atoms in total. The lowest BCUT2D eigenvalue weighted by molar-refractivity contribution is -0.144. The van der Waals surface area contributed by atoms with Crippen molar-refractivity contribution in [3.05, 3.63) is 11.6 Å². The quantitative estimate of drug-likeness (QED) is 0.556. The number of nitrogens with zero attached hydrogens (tertiary/aromatic N) is 3. The second-order valence-electron chi connectivity index (χ2n) is 4.08. The molecule has 18 heavy (non-hydrogen) atoms. The Hall–Kier alpha value is -1.80. The Morgan fingerprint density at radius 1 is 1.50 bits per heavy atom. The van der Waals surface area contributed by atoms with Crippen LogP contribution in [-0.4, -0.2) is 27.7 Å². The number of aliphatic imine (C=N–C) groups is 1. The van der Waals surface area contributed by atoms with Gasteiger partial charge in [0.15, 0.2) is 5.96 Å². The van der Waals surface area contributed by atoms with Gasteiger partial charge >= 0.3 is 6.18 Å². The summed E-state index contributed by atoms with van der Waals surface area (Å²) >= 11 is 0. The van der Waals surface area contributed by atoms with Crippen LogP contribution < -0.4 is 11.1 Å². The van der Waals surface area contributed by atoms with E-state index in [1.165, 1.54) is 0 Å². The largest absolute Gasteiger partial charge is 0.453 e. The second kappa shape index (κ2) is 5.69. The number of guanidine groups is 1. The molecule has 0 spiro atoms. The predicted molar refractivity (Wildman–Crippen MR) is 59.6 cm³/mol. The van der Waals surface area contributed by atoms with Crippen molar-refractivity contribution in [2.75, 3.05) is 6.54 Å². The number of aromatic amines is 1. The minimum absolute atomic E-state index is 0.0108. The Labute approximate surface area is 102 Å². The lowest BCUT2D eigenvalue weighted by atomic mass is 10.2. The van der Waals surface area contributed by atoms with Gasteiger partial charge in [0.1, 0.15) is 12.4 Å². The van der Waals surface area contributed by atoms with Crippen molar-refractivity contribution in [1.29, 1.82) is 0 Å². The van der Waals surface area contributed by atoms with Crippen molar-refractivity contribution >= 4 is 5.96 Å². The lowest BCUT2D eigenvalue weighted by Gasteiger charge is -2.07. The van der Waals surface area contributed by atoms with Crippen LogP contribution in [0, 0.1) is 5.92 Å². The second-order valence-corrected chi connectivity index (χ2v) is 4.08. The molecule has 0 fully saturated rings. The molecule has 0 amide bonds. The molecule has 0 radical (unpaired) electrons. The van der Waals surface area contributed by atoms with Crippen LogP contribution in [-0.2, 0) is 12.7 Å². The van der Waals surface area contributed by atoms with Crippen molar-refractivity contribution in [2.45, 2.75) is 26.6 Å². The molecule has 1 aromatic rings. The lowest BCUT2D eigenvalue weighted by Crippen LogP contribution is -2.34. The highest BCUT2D eigenvalue weighted by Gasteiger charge is 2.35. The van der Waals surface area contributed by atoms with E-state index in [2.05, 4.69) is 25.5 Å². The van der Waals surface area contributed by atoms with Gasteiger partial charge in [0.05, 0.1) is 0 Å². The van der Waals surface area contributed by atoms with Crippen LogP contribution in [0.2, 0.25) is 0 Å². The zero-order chi connectivity index (χ0) is 13.8. The molecule has 0 aliphatic heterocycles. The SMILES string of the molecule is CC(C)CNC(N)=NCc1nc(C(F)(F)F)n[nH]1. The Kier molecular flexibility index (Phi) is 4.51. The van der Waals surface area contributed by atoms with E-state index < -0.39 is 12.0 Å². The van der Waals surface area contributed by atoms with Gasteiger partial charge in [0.2, 0.25) is 0 Å². The number of nitrogens with one attached hydrogen (secondary N) is 2. The van der Waals surface area contributed by atoms with Crippen LogP contribution in [0.3, 0.4) is 0 Å². The molecule has 0 bridgehead atoms. The molecule has 9 heteroatoms. The zero-order valence-electron chi connectivity index (χ0n) is 10.0. The highest BCUT2D eigenvalue weighted by Crippen LogP contribution is 2.25. The minimum atomic E-state index is -4.56. The summed E-state index contributed by atoms with van der Waals surface area (Å²) in [6, 6.07) is 0. The molecule has 0 aromatic carbocycles. The van der Waals surface area contributed by atoms with Gasteiger partial charge < -0.3 is 11.1 Å². The average molecular weight is 264 g/mol. The summed E-state index contributed by atoms with van der Waals surface area (Å²) < 4.78 is 36.6. The summed E-state index contributed by atoms with van der Waals surface area (Å²) in [5.41, 5.74) is 5.52. The molecule has 4 N–H and O–H groups in total. The monoisotopic (exact) mass is 264 g/mol. The first kappa shape index (κ1) is 14.3. The van der Waals surface area contributed by atoms with Gasteiger partial charge in [-0.3, -0.25) is 5.10 Å². The van der Waals surface area contributed by atoms with Crippen molar-refractivity contribution < 1.29 is 13.2 Å². The minimum Gasteiger partial charge on any atom is -0.370 e. The summed E-state index contributed by atoms with van der Waals surface area (Å²) in [7, 11) is 0. The smallest absolute Gasteiger partial charge is 0.370 e. The van der Waals surface area contributed by atoms with E-state index in [-0.39, 0.29) is 18.3 Å². The Morgan fingerprint density at radius 2 is 2.17 bits per heavy atom. The molecule has 0 atom stereocenters. The maximum absolute atomic E-state index is 12.2. The van der Waals surface area contributed by atoms with Crippen LogP contribution in [0.5, 0.6) is 0 Å². The summed E-state index contributed by atoms with van der Waals surface area (Å²) in [6.45, 7) is 4.54. The van der Waals surface area contributed by atoms with Crippen LogP contribution >= 0.6 is 0 Å². The Balaban J connectivity index is 2.53. The molecule has 0 aliphatic rings. The van der Waals surface area contributed by atoms with Gasteiger partial charge in [0, 0.05) is 6.54 Å². The van der Waals surface area contributed by atoms with Crippen LogP contribution in [0.15, 0.2) is 4.99 Å². The van der Waals surface area contributed by atoms with Crippen LogP contribution in [0.4, 0.5) is 13.2 Å². The third-order valence-corrected chi connectivity index (χ3v) is 1.88. The fourth-order valence-corrected chi connectivity index (χ4v) is 1.02. The van der Waals surface area contributed by atoms with Gasteiger partial charge in [-0.05, 0) is 5.92 Å². The standard InChI is InChI=1S/C9H15F3N6/c1-5(2)3-14-8(13)15-4-6-16-7(18-17-6)9(10,11)12/h5H,3-4H2,1-2H3,(H3,13,14,15)(H,16,17,18). The fourth-order valence-electron chi connectivity index (χ4n) is 1.02. The summed E-state index contributed by atoms with van der Waals surface area (Å²) in [6.07, 6.45) is -4.56. The van der Waals surface area contributed by atoms with E-state index in [1.807, 2.05) is 13.8 Å². The number of hydrogen-bond acceptors (Lipinski definition) is 3. The number of nitrogens with two attached hydrogens (primary N) is 1. The molecule has 1 rings (SSSR count). The molecule has 0 unspecified atom stereocenters. The van der Waals surface area contributed by atoms with Crippen molar-refractivity contribution in [3.8, 4) is 0 Å². The third kappa shape index (κ3) is 4.60. The number of rotatable bonds is 4. The van der Waals surface area contributed by atoms with Crippen molar-refractivity contribution in [1.82, 2.24) is 20.5 Å². The molecule has 102 valence electrons. The fraction of sp³-hybridized carbons (Fsp3) is 0.667. The summed E-state index contributed by atoms with van der Waals surface area (Å²) in [5.74, 6) is -0.646. The van der Waals surface area contributed by atoms with Gasteiger partial charge in [-0.2, -0.15) is 13.2 Å². The molecule has 0 saturated heterocycles. The third-order valence-electron chi connectivity index (χ3n) is 1.88. The molecule has 1 heterocycles. The summed E-state index contributed by atoms with van der Waals surface area (Å²) in [5, 5.41) is 8.04. The summed E-state index contributed by atoms with van der Waals surface area (Å²) in [4.78, 5) is 7.11. The van der Waals surface area contributed by atoms with E-state index in [1.54, 1.807) is 0 Å². The predicted octanol–water partition coefficient (Wildman–Crippen LogP) is 0.884. The molecular formula is C9H15F3N6. The highest BCUT2D eigenvalue weighted by molar-refractivity contribution is 5.77. The first-order valence-corrected chi connectivity index (χ1v) is 5.31. The van der Waals surface area contributed by atoms with Crippen molar-refractivity contribution in [2.24, 2.45) is 16.6 Å². The number of halogens is 3. The molecule has 0 saturated carbocycles. The van der Waals surface area contributed by atoms with E-state index in [9.17, 15) is 13.2 Å². The zero-order valence-corrected chi connectivity index (χ0v) is 10.0. The maximum atomic E-state index is 12.2. The number of alkyl halides is 3. The first-order valence-electron chi connectivity index (χ1n) is 5.31. The van der Waals surface area contributed by atoms with E-state index >= 15 is 0 Å². The van der Waals surface area contributed by atoms with E-state index in [0.717, 1.165) is 0 Å². The highest BCUT2D eigenvalue weighted by atomic mass is 19.4. The first-order chi connectivity index (χ1) is 8.29. The van der Waals surface area contributed by atoms with E-state index in [0.29, 0.717) is 12.5 Å². The Morgan fingerprint density at radius 3 is 2.67 bits per heavy atom. The number of aromatic nitrogens is 3. The van der Waals surface area contributed by atoms with Gasteiger partial charge in [-0.1, -0.05) is 13.8 Å². The number of hydrogen-bond donors (Lipinski definition) is 3.